The van der Waals surface area contributed by atoms with Gasteiger partial charge in [0, 0.05) is 30.7 Å². The first-order chi connectivity index (χ1) is 8.61. The van der Waals surface area contributed by atoms with Crippen molar-refractivity contribution in [1.82, 2.24) is 9.55 Å². The maximum absolute atomic E-state index is 12.1. The minimum absolute atomic E-state index is 0.0975. The summed E-state index contributed by atoms with van der Waals surface area (Å²) in [5, 5.41) is 2.89. The molecule has 1 rings (SSSR count). The summed E-state index contributed by atoms with van der Waals surface area (Å²) < 4.78 is 23.6. The van der Waals surface area contributed by atoms with Crippen LogP contribution in [0.3, 0.4) is 0 Å². The van der Waals surface area contributed by atoms with E-state index in [1.54, 1.807) is 17.0 Å². The lowest BCUT2D eigenvalue weighted by Crippen LogP contribution is -2.35. The van der Waals surface area contributed by atoms with Crippen LogP contribution in [-0.4, -0.2) is 36.5 Å². The number of anilines is 1. The van der Waals surface area contributed by atoms with Crippen molar-refractivity contribution in [2.45, 2.75) is 32.7 Å². The summed E-state index contributed by atoms with van der Waals surface area (Å²) in [6.45, 7) is 6.20. The highest BCUT2D eigenvalue weighted by atomic mass is 32.2. The number of aromatic nitrogens is 2. The van der Waals surface area contributed by atoms with Gasteiger partial charge < -0.3 is 9.88 Å². The average Bonchev–Trinajstić information content (AvgIpc) is 2.23. The molecule has 7 heteroatoms. The molecule has 0 saturated heterocycles. The zero-order valence-corrected chi connectivity index (χ0v) is 12.6. The van der Waals surface area contributed by atoms with Gasteiger partial charge in [0.25, 0.3) is 5.56 Å². The molecular weight excluding hydrogens is 266 g/mol. The van der Waals surface area contributed by atoms with E-state index < -0.39 is 9.84 Å². The van der Waals surface area contributed by atoms with Gasteiger partial charge in [0.2, 0.25) is 0 Å². The number of sulfone groups is 1. The van der Waals surface area contributed by atoms with Gasteiger partial charge in [-0.15, -0.1) is 0 Å². The topological polar surface area (TPSA) is 81.1 Å². The van der Waals surface area contributed by atoms with Crippen molar-refractivity contribution in [1.29, 1.82) is 0 Å². The first-order valence-corrected chi connectivity index (χ1v) is 8.17. The molecule has 0 fully saturated rings. The van der Waals surface area contributed by atoms with Crippen molar-refractivity contribution >= 4 is 15.7 Å². The van der Waals surface area contributed by atoms with Crippen LogP contribution in [0.5, 0.6) is 0 Å². The molecular formula is C12H21N3O3S. The van der Waals surface area contributed by atoms with Crippen molar-refractivity contribution in [2.24, 2.45) is 0 Å². The predicted molar refractivity (Wildman–Crippen MR) is 76.3 cm³/mol. The molecule has 1 N–H and O–H groups in total. The van der Waals surface area contributed by atoms with Crippen LogP contribution in [0.25, 0.3) is 0 Å². The smallest absolute Gasteiger partial charge is 0.293 e. The highest BCUT2D eigenvalue weighted by molar-refractivity contribution is 7.90. The van der Waals surface area contributed by atoms with Gasteiger partial charge in [-0.3, -0.25) is 4.79 Å². The predicted octanol–water partition coefficient (Wildman–Crippen LogP) is 0.845. The maximum Gasteiger partial charge on any atom is 0.293 e. The maximum atomic E-state index is 12.1. The first-order valence-electron chi connectivity index (χ1n) is 6.11. The lowest BCUT2D eigenvalue weighted by molar-refractivity contribution is 0.383. The second-order valence-corrected chi connectivity index (χ2v) is 7.79. The molecule has 0 unspecified atom stereocenters. The molecule has 108 valence electrons. The molecule has 0 aliphatic carbocycles. The van der Waals surface area contributed by atoms with Crippen LogP contribution < -0.4 is 10.9 Å². The highest BCUT2D eigenvalue weighted by Crippen LogP contribution is 2.10. The second-order valence-electron chi connectivity index (χ2n) is 5.53. The Hall–Kier alpha value is -1.37. The van der Waals surface area contributed by atoms with Gasteiger partial charge >= 0.3 is 0 Å². The summed E-state index contributed by atoms with van der Waals surface area (Å²) in [6, 6.07) is 0. The van der Waals surface area contributed by atoms with E-state index in [0.29, 0.717) is 13.0 Å². The summed E-state index contributed by atoms with van der Waals surface area (Å²) >= 11 is 0. The van der Waals surface area contributed by atoms with E-state index in [0.717, 1.165) is 0 Å². The molecule has 19 heavy (non-hydrogen) atoms. The van der Waals surface area contributed by atoms with Gasteiger partial charge in [0.1, 0.15) is 9.84 Å². The van der Waals surface area contributed by atoms with E-state index in [2.05, 4.69) is 10.3 Å². The van der Waals surface area contributed by atoms with Gasteiger partial charge in [-0.2, -0.15) is 0 Å². The Balaban J connectivity index is 2.73. The SMILES string of the molecule is CC(C)(C)n1ccnc(NCCCS(C)(=O)=O)c1=O. The van der Waals surface area contributed by atoms with Gasteiger partial charge in [-0.1, -0.05) is 0 Å². The molecule has 0 aliphatic rings. The number of nitrogens with zero attached hydrogens (tertiary/aromatic N) is 2. The molecule has 0 amide bonds. The quantitative estimate of drug-likeness (QED) is 0.812. The Kier molecular flexibility index (Phi) is 4.73. The van der Waals surface area contributed by atoms with E-state index in [4.69, 9.17) is 0 Å². The molecule has 0 radical (unpaired) electrons. The van der Waals surface area contributed by atoms with Crippen LogP contribution in [0.4, 0.5) is 5.82 Å². The Labute approximate surface area is 113 Å². The van der Waals surface area contributed by atoms with Crippen LogP contribution in [-0.2, 0) is 15.4 Å². The third-order valence-electron chi connectivity index (χ3n) is 2.55. The van der Waals surface area contributed by atoms with Gasteiger partial charge in [-0.25, -0.2) is 13.4 Å². The molecule has 6 nitrogen and oxygen atoms in total. The Bertz CT molecular complexity index is 585. The van der Waals surface area contributed by atoms with Crippen LogP contribution in [0.1, 0.15) is 27.2 Å². The van der Waals surface area contributed by atoms with Crippen LogP contribution in [0.15, 0.2) is 17.2 Å². The summed E-state index contributed by atoms with van der Waals surface area (Å²) in [7, 11) is -2.96. The third kappa shape index (κ3) is 5.02. The largest absolute Gasteiger partial charge is 0.365 e. The van der Waals surface area contributed by atoms with E-state index >= 15 is 0 Å². The normalized spacial score (nSPS) is 12.4. The highest BCUT2D eigenvalue weighted by Gasteiger charge is 2.16. The molecule has 0 spiro atoms. The molecule has 0 aliphatic heterocycles. The van der Waals surface area contributed by atoms with Crippen molar-refractivity contribution in [3.63, 3.8) is 0 Å². The van der Waals surface area contributed by atoms with E-state index in [-0.39, 0.29) is 22.7 Å². The summed E-state index contributed by atoms with van der Waals surface area (Å²) in [5.41, 5.74) is -0.516. The molecule has 0 aromatic carbocycles. The summed E-state index contributed by atoms with van der Waals surface area (Å²) in [4.78, 5) is 16.1. The van der Waals surface area contributed by atoms with Crippen molar-refractivity contribution in [3.8, 4) is 0 Å². The minimum atomic E-state index is -2.96. The van der Waals surface area contributed by atoms with Crippen LogP contribution in [0, 0.1) is 0 Å². The molecule has 0 saturated carbocycles. The van der Waals surface area contributed by atoms with Crippen LogP contribution >= 0.6 is 0 Å². The fourth-order valence-corrected chi connectivity index (χ4v) is 2.27. The van der Waals surface area contributed by atoms with E-state index in [1.165, 1.54) is 6.26 Å². The fraction of sp³-hybridized carbons (Fsp3) is 0.667. The number of hydrogen-bond acceptors (Lipinski definition) is 5. The van der Waals surface area contributed by atoms with Gasteiger partial charge in [0.15, 0.2) is 5.82 Å². The molecule has 1 aromatic rings. The lowest BCUT2D eigenvalue weighted by Gasteiger charge is -2.22. The van der Waals surface area contributed by atoms with Crippen molar-refractivity contribution in [2.75, 3.05) is 23.9 Å². The zero-order chi connectivity index (χ0) is 14.7. The minimum Gasteiger partial charge on any atom is -0.365 e. The standard InChI is InChI=1S/C12H21N3O3S/c1-12(2,3)15-8-7-14-10(11(15)16)13-6-5-9-19(4,17)18/h7-8H,5-6,9H2,1-4H3,(H,13,14). The average molecular weight is 287 g/mol. The monoisotopic (exact) mass is 287 g/mol. The number of nitrogens with one attached hydrogen (secondary N) is 1. The molecule has 1 aromatic heterocycles. The molecule has 0 atom stereocenters. The van der Waals surface area contributed by atoms with E-state index in [1.807, 2.05) is 20.8 Å². The number of hydrogen-bond donors (Lipinski definition) is 1. The first kappa shape index (κ1) is 15.7. The summed E-state index contributed by atoms with van der Waals surface area (Å²) in [6.07, 6.45) is 4.85. The Morgan fingerprint density at radius 2 is 2.00 bits per heavy atom. The Morgan fingerprint density at radius 1 is 1.37 bits per heavy atom. The fourth-order valence-electron chi connectivity index (χ4n) is 1.60. The third-order valence-corrected chi connectivity index (χ3v) is 3.58. The van der Waals surface area contributed by atoms with E-state index in [9.17, 15) is 13.2 Å². The Morgan fingerprint density at radius 3 is 2.53 bits per heavy atom. The number of rotatable bonds is 5. The van der Waals surface area contributed by atoms with Gasteiger partial charge in [0.05, 0.1) is 5.75 Å². The second kappa shape index (κ2) is 5.73. The molecule has 1 heterocycles. The lowest BCUT2D eigenvalue weighted by atomic mass is 10.1. The molecule has 0 bridgehead atoms. The van der Waals surface area contributed by atoms with Gasteiger partial charge in [-0.05, 0) is 27.2 Å². The van der Waals surface area contributed by atoms with Crippen molar-refractivity contribution in [3.05, 3.63) is 22.7 Å². The van der Waals surface area contributed by atoms with Crippen molar-refractivity contribution < 1.29 is 8.42 Å². The summed E-state index contributed by atoms with van der Waals surface area (Å²) in [5.74, 6) is 0.353. The van der Waals surface area contributed by atoms with Crippen LogP contribution in [0.2, 0.25) is 0 Å². The zero-order valence-electron chi connectivity index (χ0n) is 11.8.